The maximum atomic E-state index is 5.94. The fourth-order valence-corrected chi connectivity index (χ4v) is 2.35. The molecular weight excluding hydrogens is 238 g/mol. The van der Waals surface area contributed by atoms with Crippen molar-refractivity contribution in [2.24, 2.45) is 0 Å². The molecule has 0 saturated carbocycles. The van der Waals surface area contributed by atoms with Crippen LogP contribution in [0, 0.1) is 6.92 Å². The Morgan fingerprint density at radius 3 is 2.94 bits per heavy atom. The molecule has 0 spiro atoms. The van der Waals surface area contributed by atoms with E-state index in [1.54, 1.807) is 0 Å². The largest absolute Gasteiger partial charge is 0.394 e. The minimum Gasteiger partial charge on any atom is -0.394 e. The highest BCUT2D eigenvalue weighted by molar-refractivity contribution is 6.28. The van der Waals surface area contributed by atoms with Crippen LogP contribution in [0.1, 0.15) is 18.5 Å². The van der Waals surface area contributed by atoms with Crippen molar-refractivity contribution in [3.05, 3.63) is 11.0 Å². The summed E-state index contributed by atoms with van der Waals surface area (Å²) in [5.74, 6) is 0.655. The zero-order valence-corrected chi connectivity index (χ0v) is 11.0. The van der Waals surface area contributed by atoms with Crippen LogP contribution in [0.15, 0.2) is 0 Å². The lowest BCUT2D eigenvalue weighted by Gasteiger charge is -2.30. The monoisotopic (exact) mass is 255 g/mol. The Labute approximate surface area is 106 Å². The number of likely N-dealkylation sites (N-methyl/N-ethyl adjacent to an activating group) is 1. The van der Waals surface area contributed by atoms with Crippen molar-refractivity contribution >= 4 is 23.1 Å². The number of likely N-dealkylation sites (tertiary alicyclic amines) is 1. The molecule has 2 rings (SSSR count). The van der Waals surface area contributed by atoms with Crippen LogP contribution in [-0.4, -0.2) is 41.0 Å². The molecule has 1 saturated heterocycles. The second kappa shape index (κ2) is 5.06. The molecule has 1 fully saturated rings. The smallest absolute Gasteiger partial charge is 0.224 e. The number of nitrogens with zero attached hydrogens (tertiary/aromatic N) is 3. The van der Waals surface area contributed by atoms with Gasteiger partial charge in [-0.25, -0.2) is 4.98 Å². The summed E-state index contributed by atoms with van der Waals surface area (Å²) in [5.41, 5.74) is 7.25. The van der Waals surface area contributed by atoms with E-state index in [1.165, 1.54) is 6.42 Å². The van der Waals surface area contributed by atoms with Crippen LogP contribution in [0.2, 0.25) is 5.28 Å². The summed E-state index contributed by atoms with van der Waals surface area (Å²) in [6.07, 6.45) is 2.32. The van der Waals surface area contributed by atoms with E-state index in [-0.39, 0.29) is 5.28 Å². The standard InChI is InChI=1S/C11H18ClN5/c1-7-9(13)10(16-11(12)14-7)15-8-4-3-5-17(2)6-8/h8H,3-6,13H2,1-2H3,(H,14,15,16). The first-order chi connectivity index (χ1) is 8.06. The predicted octanol–water partition coefficient (Wildman–Crippen LogP) is 1.53. The molecule has 6 heteroatoms. The lowest BCUT2D eigenvalue weighted by Crippen LogP contribution is -2.40. The third-order valence-electron chi connectivity index (χ3n) is 3.07. The fourth-order valence-electron chi connectivity index (χ4n) is 2.14. The van der Waals surface area contributed by atoms with Crippen molar-refractivity contribution in [1.29, 1.82) is 0 Å². The molecule has 0 aromatic carbocycles. The number of nitrogens with one attached hydrogen (secondary N) is 1. The van der Waals surface area contributed by atoms with Gasteiger partial charge in [0.15, 0.2) is 5.82 Å². The molecule has 5 nitrogen and oxygen atoms in total. The number of aromatic nitrogens is 2. The molecule has 3 N–H and O–H groups in total. The average molecular weight is 256 g/mol. The maximum absolute atomic E-state index is 5.94. The number of nitrogens with two attached hydrogens (primary N) is 1. The van der Waals surface area contributed by atoms with Crippen molar-refractivity contribution in [3.8, 4) is 0 Å². The number of hydrogen-bond donors (Lipinski definition) is 2. The Morgan fingerprint density at radius 2 is 2.24 bits per heavy atom. The number of nitrogen functional groups attached to an aromatic ring is 1. The average Bonchev–Trinajstić information content (AvgIpc) is 2.25. The van der Waals surface area contributed by atoms with E-state index in [4.69, 9.17) is 17.3 Å². The lowest BCUT2D eigenvalue weighted by molar-refractivity contribution is 0.261. The molecule has 1 unspecified atom stereocenters. The summed E-state index contributed by atoms with van der Waals surface area (Å²) in [7, 11) is 2.12. The van der Waals surface area contributed by atoms with E-state index in [0.29, 0.717) is 17.5 Å². The normalized spacial score (nSPS) is 21.5. The second-order valence-corrected chi connectivity index (χ2v) is 4.92. The molecule has 0 bridgehead atoms. The van der Waals surface area contributed by atoms with Gasteiger partial charge in [0.2, 0.25) is 5.28 Å². The molecule has 94 valence electrons. The third-order valence-corrected chi connectivity index (χ3v) is 3.24. The molecule has 0 amide bonds. The first kappa shape index (κ1) is 12.4. The van der Waals surface area contributed by atoms with E-state index in [0.717, 1.165) is 25.2 Å². The minimum absolute atomic E-state index is 0.239. The Morgan fingerprint density at radius 1 is 1.47 bits per heavy atom. The van der Waals surface area contributed by atoms with E-state index >= 15 is 0 Å². The molecule has 0 aliphatic carbocycles. The van der Waals surface area contributed by atoms with Gasteiger partial charge in [-0.1, -0.05) is 0 Å². The van der Waals surface area contributed by atoms with Crippen LogP contribution in [0.5, 0.6) is 0 Å². The van der Waals surface area contributed by atoms with Crippen molar-refractivity contribution in [2.75, 3.05) is 31.2 Å². The maximum Gasteiger partial charge on any atom is 0.224 e. The van der Waals surface area contributed by atoms with Gasteiger partial charge in [0.1, 0.15) is 0 Å². The molecular formula is C11H18ClN5. The quantitative estimate of drug-likeness (QED) is 0.785. The molecule has 17 heavy (non-hydrogen) atoms. The number of halogens is 1. The van der Waals surface area contributed by atoms with Crippen LogP contribution in [0.4, 0.5) is 11.5 Å². The van der Waals surface area contributed by atoms with E-state index in [1.807, 2.05) is 6.92 Å². The zero-order chi connectivity index (χ0) is 12.4. The van der Waals surface area contributed by atoms with Crippen LogP contribution in [0.25, 0.3) is 0 Å². The highest BCUT2D eigenvalue weighted by atomic mass is 35.5. The van der Waals surface area contributed by atoms with Crippen molar-refractivity contribution in [2.45, 2.75) is 25.8 Å². The summed E-state index contributed by atoms with van der Waals surface area (Å²) in [6, 6.07) is 0.376. The van der Waals surface area contributed by atoms with Crippen molar-refractivity contribution < 1.29 is 0 Å². The Bertz CT molecular complexity index is 409. The first-order valence-electron chi connectivity index (χ1n) is 5.81. The van der Waals surface area contributed by atoms with Gasteiger partial charge < -0.3 is 16.0 Å². The van der Waals surface area contributed by atoms with Gasteiger partial charge in [-0.15, -0.1) is 0 Å². The number of aryl methyl sites for hydroxylation is 1. The SMILES string of the molecule is Cc1nc(Cl)nc(NC2CCCN(C)C2)c1N. The van der Waals surface area contributed by atoms with Gasteiger partial charge >= 0.3 is 0 Å². The highest BCUT2D eigenvalue weighted by Crippen LogP contribution is 2.23. The summed E-state index contributed by atoms with van der Waals surface area (Å²) in [6.45, 7) is 3.98. The second-order valence-electron chi connectivity index (χ2n) is 4.59. The summed E-state index contributed by atoms with van der Waals surface area (Å²) >= 11 is 5.84. The van der Waals surface area contributed by atoms with E-state index in [9.17, 15) is 0 Å². The minimum atomic E-state index is 0.239. The highest BCUT2D eigenvalue weighted by Gasteiger charge is 2.19. The molecule has 1 aliphatic rings. The van der Waals surface area contributed by atoms with Crippen LogP contribution in [0.3, 0.4) is 0 Å². The van der Waals surface area contributed by atoms with Crippen LogP contribution >= 0.6 is 11.6 Å². The van der Waals surface area contributed by atoms with Crippen molar-refractivity contribution in [1.82, 2.24) is 14.9 Å². The summed E-state index contributed by atoms with van der Waals surface area (Å²) < 4.78 is 0. The fraction of sp³-hybridized carbons (Fsp3) is 0.636. The van der Waals surface area contributed by atoms with Gasteiger partial charge in [0, 0.05) is 12.6 Å². The molecule has 1 atom stereocenters. The molecule has 2 heterocycles. The summed E-state index contributed by atoms with van der Waals surface area (Å²) in [4.78, 5) is 10.5. The van der Waals surface area contributed by atoms with Gasteiger partial charge in [-0.3, -0.25) is 0 Å². The number of hydrogen-bond acceptors (Lipinski definition) is 5. The predicted molar refractivity (Wildman–Crippen MR) is 70.3 cm³/mol. The lowest BCUT2D eigenvalue weighted by atomic mass is 10.1. The van der Waals surface area contributed by atoms with Crippen LogP contribution < -0.4 is 11.1 Å². The number of rotatable bonds is 2. The van der Waals surface area contributed by atoms with Gasteiger partial charge in [0.05, 0.1) is 11.4 Å². The molecule has 1 aromatic rings. The van der Waals surface area contributed by atoms with Gasteiger partial charge in [0.25, 0.3) is 0 Å². The Kier molecular flexibility index (Phi) is 3.69. The van der Waals surface area contributed by atoms with E-state index in [2.05, 4.69) is 27.2 Å². The van der Waals surface area contributed by atoms with Crippen LogP contribution in [-0.2, 0) is 0 Å². The first-order valence-corrected chi connectivity index (χ1v) is 6.18. The Balaban J connectivity index is 2.12. The van der Waals surface area contributed by atoms with E-state index < -0.39 is 0 Å². The third kappa shape index (κ3) is 2.98. The molecule has 0 radical (unpaired) electrons. The zero-order valence-electron chi connectivity index (χ0n) is 10.2. The molecule has 1 aromatic heterocycles. The topological polar surface area (TPSA) is 67.1 Å². The number of piperidine rings is 1. The van der Waals surface area contributed by atoms with Crippen molar-refractivity contribution in [3.63, 3.8) is 0 Å². The Hall–Kier alpha value is -1.07. The summed E-state index contributed by atoms with van der Waals surface area (Å²) in [5, 5.41) is 3.60. The van der Waals surface area contributed by atoms with Gasteiger partial charge in [-0.05, 0) is 45.0 Å². The number of anilines is 2. The molecule has 1 aliphatic heterocycles. The van der Waals surface area contributed by atoms with Gasteiger partial charge in [-0.2, -0.15) is 4.98 Å².